The van der Waals surface area contributed by atoms with Gasteiger partial charge in [0.05, 0.1) is 6.61 Å². The highest BCUT2D eigenvalue weighted by Gasteiger charge is 2.16. The van der Waals surface area contributed by atoms with Crippen molar-refractivity contribution in [2.75, 3.05) is 13.7 Å². The second kappa shape index (κ2) is 10.8. The highest BCUT2D eigenvalue weighted by atomic mass is 19.3. The van der Waals surface area contributed by atoms with E-state index in [0.29, 0.717) is 28.4 Å². The number of hydrogen-bond donors (Lipinski definition) is 0. The molecule has 0 atom stereocenters. The molecule has 1 amide bonds. The van der Waals surface area contributed by atoms with Crippen molar-refractivity contribution in [2.24, 2.45) is 0 Å². The SMILES string of the molecule is CCOc1cc(CN(C)C(=O)CCc2nc(-c3ccc(F)c(C)c3)no2)ccc1OC(F)F. The van der Waals surface area contributed by atoms with E-state index in [9.17, 15) is 18.0 Å². The largest absolute Gasteiger partial charge is 0.490 e. The lowest BCUT2D eigenvalue weighted by Gasteiger charge is -2.18. The first-order valence-electron chi connectivity index (χ1n) is 10.3. The number of halogens is 3. The van der Waals surface area contributed by atoms with Gasteiger partial charge in [0.25, 0.3) is 0 Å². The van der Waals surface area contributed by atoms with Crippen LogP contribution < -0.4 is 9.47 Å². The van der Waals surface area contributed by atoms with E-state index in [1.807, 2.05) is 0 Å². The van der Waals surface area contributed by atoms with Crippen LogP contribution in [0.2, 0.25) is 0 Å². The van der Waals surface area contributed by atoms with Crippen molar-refractivity contribution >= 4 is 5.91 Å². The Labute approximate surface area is 189 Å². The molecule has 33 heavy (non-hydrogen) atoms. The first-order valence-corrected chi connectivity index (χ1v) is 10.3. The van der Waals surface area contributed by atoms with Crippen LogP contribution in [0.1, 0.15) is 30.4 Å². The van der Waals surface area contributed by atoms with Gasteiger partial charge in [-0.1, -0.05) is 11.2 Å². The Morgan fingerprint density at radius 1 is 1.18 bits per heavy atom. The van der Waals surface area contributed by atoms with Crippen LogP contribution in [0.15, 0.2) is 40.9 Å². The van der Waals surface area contributed by atoms with Crippen molar-refractivity contribution in [2.45, 2.75) is 39.8 Å². The molecule has 0 fully saturated rings. The van der Waals surface area contributed by atoms with Crippen molar-refractivity contribution in [1.29, 1.82) is 0 Å². The molecule has 0 spiro atoms. The van der Waals surface area contributed by atoms with E-state index in [1.54, 1.807) is 45.2 Å². The monoisotopic (exact) mass is 463 g/mol. The molecule has 176 valence electrons. The third-order valence-electron chi connectivity index (χ3n) is 4.81. The molecule has 1 aromatic heterocycles. The van der Waals surface area contributed by atoms with Crippen molar-refractivity contribution < 1.29 is 32.0 Å². The third-order valence-corrected chi connectivity index (χ3v) is 4.81. The predicted octanol–water partition coefficient (Wildman–Crippen LogP) is 4.78. The summed E-state index contributed by atoms with van der Waals surface area (Å²) < 4.78 is 53.6. The van der Waals surface area contributed by atoms with E-state index >= 15 is 0 Å². The second-order valence-electron chi connectivity index (χ2n) is 7.32. The number of carbonyl (C=O) groups is 1. The van der Waals surface area contributed by atoms with Crippen LogP contribution in [0, 0.1) is 12.7 Å². The number of benzene rings is 2. The van der Waals surface area contributed by atoms with Crippen molar-refractivity contribution in [3.05, 3.63) is 59.2 Å². The molecule has 0 radical (unpaired) electrons. The smallest absolute Gasteiger partial charge is 0.387 e. The van der Waals surface area contributed by atoms with E-state index in [2.05, 4.69) is 14.9 Å². The van der Waals surface area contributed by atoms with E-state index in [0.717, 1.165) is 0 Å². The number of ether oxygens (including phenoxy) is 2. The molecule has 3 aromatic rings. The van der Waals surface area contributed by atoms with Gasteiger partial charge in [-0.2, -0.15) is 13.8 Å². The minimum Gasteiger partial charge on any atom is -0.490 e. The topological polar surface area (TPSA) is 77.7 Å². The number of hydrogen-bond acceptors (Lipinski definition) is 6. The summed E-state index contributed by atoms with van der Waals surface area (Å²) in [5.41, 5.74) is 1.79. The number of nitrogens with zero attached hydrogens (tertiary/aromatic N) is 3. The van der Waals surface area contributed by atoms with E-state index in [1.165, 1.54) is 17.0 Å². The molecule has 0 aliphatic carbocycles. The quantitative estimate of drug-likeness (QED) is 0.431. The molecule has 1 heterocycles. The highest BCUT2D eigenvalue weighted by Crippen LogP contribution is 2.30. The molecule has 2 aromatic carbocycles. The summed E-state index contributed by atoms with van der Waals surface area (Å²) in [6.07, 6.45) is 0.368. The fourth-order valence-corrected chi connectivity index (χ4v) is 3.14. The normalized spacial score (nSPS) is 11.0. The maximum absolute atomic E-state index is 13.4. The van der Waals surface area contributed by atoms with Gasteiger partial charge in [-0.25, -0.2) is 4.39 Å². The zero-order valence-corrected chi connectivity index (χ0v) is 18.5. The van der Waals surface area contributed by atoms with Crippen LogP contribution >= 0.6 is 0 Å². The molecule has 10 heteroatoms. The number of rotatable bonds is 10. The lowest BCUT2D eigenvalue weighted by molar-refractivity contribution is -0.130. The van der Waals surface area contributed by atoms with Crippen LogP contribution in [0.4, 0.5) is 13.2 Å². The van der Waals surface area contributed by atoms with Gasteiger partial charge in [0, 0.05) is 32.0 Å². The number of amides is 1. The zero-order chi connectivity index (χ0) is 24.0. The van der Waals surface area contributed by atoms with Gasteiger partial charge in [-0.15, -0.1) is 0 Å². The summed E-state index contributed by atoms with van der Waals surface area (Å²) in [6, 6.07) is 9.07. The van der Waals surface area contributed by atoms with E-state index in [-0.39, 0.29) is 49.2 Å². The second-order valence-corrected chi connectivity index (χ2v) is 7.32. The summed E-state index contributed by atoms with van der Waals surface area (Å²) >= 11 is 0. The number of aryl methyl sites for hydroxylation is 2. The Balaban J connectivity index is 1.58. The Bertz CT molecular complexity index is 1100. The van der Waals surface area contributed by atoms with Crippen LogP contribution in [0.25, 0.3) is 11.4 Å². The fraction of sp³-hybridized carbons (Fsp3) is 0.348. The lowest BCUT2D eigenvalue weighted by Crippen LogP contribution is -2.26. The molecule has 3 rings (SSSR count). The first kappa shape index (κ1) is 24.1. The number of alkyl halides is 2. The molecule has 0 aliphatic rings. The summed E-state index contributed by atoms with van der Waals surface area (Å²) in [6.45, 7) is 0.940. The van der Waals surface area contributed by atoms with Gasteiger partial charge in [0.15, 0.2) is 11.5 Å². The molecular weight excluding hydrogens is 439 g/mol. The Hall–Kier alpha value is -3.56. The van der Waals surface area contributed by atoms with Gasteiger partial charge in [0.2, 0.25) is 17.6 Å². The molecule has 0 saturated carbocycles. The van der Waals surface area contributed by atoms with Crippen LogP contribution in [-0.2, 0) is 17.8 Å². The minimum atomic E-state index is -2.96. The zero-order valence-electron chi connectivity index (χ0n) is 18.5. The fourth-order valence-electron chi connectivity index (χ4n) is 3.14. The maximum Gasteiger partial charge on any atom is 0.387 e. The maximum atomic E-state index is 13.4. The Kier molecular flexibility index (Phi) is 7.92. The molecular formula is C23H24F3N3O4. The average molecular weight is 463 g/mol. The van der Waals surface area contributed by atoms with Crippen LogP contribution in [0.5, 0.6) is 11.5 Å². The molecule has 0 saturated heterocycles. The minimum absolute atomic E-state index is 0.0619. The molecule has 0 aliphatic heterocycles. The van der Waals surface area contributed by atoms with Gasteiger partial charge in [-0.05, 0) is 55.3 Å². The summed E-state index contributed by atoms with van der Waals surface area (Å²) in [5, 5.41) is 3.89. The van der Waals surface area contributed by atoms with Crippen molar-refractivity contribution in [3.63, 3.8) is 0 Å². The number of carbonyl (C=O) groups excluding carboxylic acids is 1. The van der Waals surface area contributed by atoms with Gasteiger partial charge in [0.1, 0.15) is 5.82 Å². The Morgan fingerprint density at radius 3 is 2.67 bits per heavy atom. The number of aromatic nitrogens is 2. The summed E-state index contributed by atoms with van der Waals surface area (Å²) in [4.78, 5) is 18.3. The summed E-state index contributed by atoms with van der Waals surface area (Å²) in [7, 11) is 1.63. The van der Waals surface area contributed by atoms with Gasteiger partial charge >= 0.3 is 6.61 Å². The molecule has 0 N–H and O–H groups in total. The highest BCUT2D eigenvalue weighted by molar-refractivity contribution is 5.76. The molecule has 0 unspecified atom stereocenters. The van der Waals surface area contributed by atoms with E-state index < -0.39 is 6.61 Å². The lowest BCUT2D eigenvalue weighted by atomic mass is 10.1. The summed E-state index contributed by atoms with van der Waals surface area (Å²) in [5.74, 6) is 0.252. The van der Waals surface area contributed by atoms with Gasteiger partial charge < -0.3 is 18.9 Å². The standard InChI is InChI=1S/C23H24F3N3O4/c1-4-31-19-12-15(5-8-18(19)32-23(25)26)13-29(3)21(30)10-9-20-27-22(28-33-20)16-6-7-17(24)14(2)11-16/h5-8,11-12,23H,4,9-10,13H2,1-3H3. The van der Waals surface area contributed by atoms with Crippen molar-refractivity contribution in [3.8, 4) is 22.9 Å². The Morgan fingerprint density at radius 2 is 1.97 bits per heavy atom. The van der Waals surface area contributed by atoms with Crippen LogP contribution in [-0.4, -0.2) is 41.2 Å². The molecule has 0 bridgehead atoms. The van der Waals surface area contributed by atoms with Crippen molar-refractivity contribution in [1.82, 2.24) is 15.0 Å². The van der Waals surface area contributed by atoms with Gasteiger partial charge in [-0.3, -0.25) is 4.79 Å². The average Bonchev–Trinajstić information content (AvgIpc) is 3.24. The first-order chi connectivity index (χ1) is 15.8. The van der Waals surface area contributed by atoms with Crippen LogP contribution in [0.3, 0.4) is 0 Å². The van der Waals surface area contributed by atoms with E-state index in [4.69, 9.17) is 9.26 Å². The molecule has 7 nitrogen and oxygen atoms in total. The third kappa shape index (κ3) is 6.47. The predicted molar refractivity (Wildman–Crippen MR) is 113 cm³/mol.